The van der Waals surface area contributed by atoms with E-state index in [1.54, 1.807) is 7.11 Å². The summed E-state index contributed by atoms with van der Waals surface area (Å²) >= 11 is 0. The Hall–Kier alpha value is -0.820. The van der Waals surface area contributed by atoms with Gasteiger partial charge in [-0.15, -0.1) is 0 Å². The lowest BCUT2D eigenvalue weighted by molar-refractivity contribution is 0.0843. The molecule has 0 amide bonds. The quantitative estimate of drug-likeness (QED) is 0.730. The maximum Gasteiger partial charge on any atom is 0.0864 e. The van der Waals surface area contributed by atoms with E-state index in [0.29, 0.717) is 6.10 Å². The highest BCUT2D eigenvalue weighted by Gasteiger charge is 2.28. The molecule has 0 N–H and O–H groups in total. The third-order valence-electron chi connectivity index (χ3n) is 3.85. The van der Waals surface area contributed by atoms with E-state index in [1.807, 2.05) is 0 Å². The van der Waals surface area contributed by atoms with E-state index in [2.05, 4.69) is 39.0 Å². The first kappa shape index (κ1) is 10.7. The van der Waals surface area contributed by atoms with E-state index in [1.165, 1.54) is 23.1 Å². The molecule has 0 saturated carbocycles. The summed E-state index contributed by atoms with van der Waals surface area (Å²) in [5, 5.41) is 0. The molecule has 2 rings (SSSR count). The smallest absolute Gasteiger partial charge is 0.0864 e. The van der Waals surface area contributed by atoms with E-state index >= 15 is 0 Å². The number of hydrogen-bond donors (Lipinski definition) is 0. The molecule has 0 aromatic heterocycles. The SMILES string of the molecule is CCC(C)(C)c1ccc2c(c1)C(OC)C2. The maximum absolute atomic E-state index is 5.41. The van der Waals surface area contributed by atoms with Crippen molar-refractivity contribution in [3.63, 3.8) is 0 Å². The molecule has 1 aliphatic carbocycles. The number of fused-ring (bicyclic) bond motifs is 1. The first-order chi connectivity index (χ1) is 7.08. The van der Waals surface area contributed by atoms with Crippen molar-refractivity contribution >= 4 is 0 Å². The van der Waals surface area contributed by atoms with Gasteiger partial charge in [-0.1, -0.05) is 39.0 Å². The van der Waals surface area contributed by atoms with Crippen LogP contribution in [-0.2, 0) is 16.6 Å². The highest BCUT2D eigenvalue weighted by atomic mass is 16.5. The summed E-state index contributed by atoms with van der Waals surface area (Å²) in [6, 6.07) is 6.86. The zero-order valence-corrected chi connectivity index (χ0v) is 10.1. The molecule has 0 spiro atoms. The fraction of sp³-hybridized carbons (Fsp3) is 0.571. The van der Waals surface area contributed by atoms with Gasteiger partial charge in [0.25, 0.3) is 0 Å². The minimum Gasteiger partial charge on any atom is -0.376 e. The number of methoxy groups -OCH3 is 1. The van der Waals surface area contributed by atoms with Gasteiger partial charge in [0.1, 0.15) is 0 Å². The van der Waals surface area contributed by atoms with Crippen LogP contribution in [0.25, 0.3) is 0 Å². The molecule has 0 saturated heterocycles. The number of ether oxygens (including phenoxy) is 1. The van der Waals surface area contributed by atoms with E-state index in [4.69, 9.17) is 4.74 Å². The minimum absolute atomic E-state index is 0.281. The molecule has 0 bridgehead atoms. The second kappa shape index (κ2) is 3.64. The Balaban J connectivity index is 2.33. The predicted molar refractivity (Wildman–Crippen MR) is 63.2 cm³/mol. The van der Waals surface area contributed by atoms with Crippen LogP contribution in [0.1, 0.15) is 50.0 Å². The summed E-state index contributed by atoms with van der Waals surface area (Å²) in [4.78, 5) is 0. The highest BCUT2D eigenvalue weighted by molar-refractivity contribution is 5.43. The van der Waals surface area contributed by atoms with Crippen LogP contribution < -0.4 is 0 Å². The fourth-order valence-electron chi connectivity index (χ4n) is 2.09. The zero-order chi connectivity index (χ0) is 11.1. The van der Waals surface area contributed by atoms with Crippen LogP contribution in [0.15, 0.2) is 18.2 Å². The van der Waals surface area contributed by atoms with Gasteiger partial charge in [0.2, 0.25) is 0 Å². The Morgan fingerprint density at radius 1 is 1.40 bits per heavy atom. The third kappa shape index (κ3) is 1.69. The van der Waals surface area contributed by atoms with Crippen molar-refractivity contribution in [3.05, 3.63) is 34.9 Å². The molecule has 15 heavy (non-hydrogen) atoms. The van der Waals surface area contributed by atoms with Crippen LogP contribution in [0.3, 0.4) is 0 Å². The number of rotatable bonds is 3. The number of hydrogen-bond acceptors (Lipinski definition) is 1. The minimum atomic E-state index is 0.281. The Morgan fingerprint density at radius 3 is 2.73 bits per heavy atom. The molecule has 1 atom stereocenters. The van der Waals surface area contributed by atoms with Crippen molar-refractivity contribution in [1.82, 2.24) is 0 Å². The summed E-state index contributed by atoms with van der Waals surface area (Å²) < 4.78 is 5.41. The van der Waals surface area contributed by atoms with Gasteiger partial charge in [-0.2, -0.15) is 0 Å². The van der Waals surface area contributed by atoms with Crippen molar-refractivity contribution in [2.24, 2.45) is 0 Å². The topological polar surface area (TPSA) is 9.23 Å². The molecular formula is C14H20O. The van der Waals surface area contributed by atoms with Crippen LogP contribution >= 0.6 is 0 Å². The van der Waals surface area contributed by atoms with Crippen molar-refractivity contribution < 1.29 is 4.74 Å². The summed E-state index contributed by atoms with van der Waals surface area (Å²) in [6.07, 6.45) is 2.59. The standard InChI is InChI=1S/C14H20O/c1-5-14(2,3)11-7-6-10-8-13(15-4)12(10)9-11/h6-7,9,13H,5,8H2,1-4H3. The van der Waals surface area contributed by atoms with Crippen LogP contribution in [0.2, 0.25) is 0 Å². The van der Waals surface area contributed by atoms with Gasteiger partial charge in [-0.05, 0) is 28.5 Å². The first-order valence-electron chi connectivity index (χ1n) is 5.74. The van der Waals surface area contributed by atoms with E-state index in [-0.39, 0.29) is 5.41 Å². The molecule has 1 nitrogen and oxygen atoms in total. The Kier molecular flexibility index (Phi) is 2.59. The Labute approximate surface area is 92.5 Å². The lowest BCUT2D eigenvalue weighted by atomic mass is 9.77. The summed E-state index contributed by atoms with van der Waals surface area (Å²) in [6.45, 7) is 6.84. The fourth-order valence-corrected chi connectivity index (χ4v) is 2.09. The van der Waals surface area contributed by atoms with Crippen LogP contribution in [0, 0.1) is 0 Å². The molecular weight excluding hydrogens is 184 g/mol. The molecule has 1 aliphatic rings. The van der Waals surface area contributed by atoms with Crippen molar-refractivity contribution in [2.75, 3.05) is 7.11 Å². The third-order valence-corrected chi connectivity index (χ3v) is 3.85. The molecule has 1 unspecified atom stereocenters. The molecule has 1 aromatic rings. The van der Waals surface area contributed by atoms with E-state index < -0.39 is 0 Å². The van der Waals surface area contributed by atoms with E-state index in [9.17, 15) is 0 Å². The summed E-state index contributed by atoms with van der Waals surface area (Å²) in [5.41, 5.74) is 4.57. The average molecular weight is 204 g/mol. The normalized spacial score (nSPS) is 19.6. The van der Waals surface area contributed by atoms with Crippen molar-refractivity contribution in [3.8, 4) is 0 Å². The maximum atomic E-state index is 5.41. The van der Waals surface area contributed by atoms with Gasteiger partial charge < -0.3 is 4.74 Å². The van der Waals surface area contributed by atoms with Gasteiger partial charge in [0.15, 0.2) is 0 Å². The summed E-state index contributed by atoms with van der Waals surface area (Å²) in [7, 11) is 1.80. The second-order valence-corrected chi connectivity index (χ2v) is 5.08. The van der Waals surface area contributed by atoms with Crippen LogP contribution in [0.4, 0.5) is 0 Å². The Morgan fingerprint density at radius 2 is 2.13 bits per heavy atom. The molecule has 0 heterocycles. The highest BCUT2D eigenvalue weighted by Crippen LogP contribution is 2.38. The molecule has 0 radical (unpaired) electrons. The average Bonchev–Trinajstić information content (AvgIpc) is 2.20. The van der Waals surface area contributed by atoms with Gasteiger partial charge in [0, 0.05) is 13.5 Å². The lowest BCUT2D eigenvalue weighted by Gasteiger charge is -2.32. The van der Waals surface area contributed by atoms with Gasteiger partial charge in [-0.3, -0.25) is 0 Å². The van der Waals surface area contributed by atoms with E-state index in [0.717, 1.165) is 6.42 Å². The first-order valence-corrected chi connectivity index (χ1v) is 5.74. The molecule has 82 valence electrons. The molecule has 1 aromatic carbocycles. The molecule has 0 fully saturated rings. The zero-order valence-electron chi connectivity index (χ0n) is 10.1. The summed E-state index contributed by atoms with van der Waals surface area (Å²) in [5.74, 6) is 0. The van der Waals surface area contributed by atoms with Crippen LogP contribution in [-0.4, -0.2) is 7.11 Å². The molecule has 0 aliphatic heterocycles. The van der Waals surface area contributed by atoms with Gasteiger partial charge >= 0.3 is 0 Å². The molecule has 1 heteroatoms. The van der Waals surface area contributed by atoms with Gasteiger partial charge in [0.05, 0.1) is 6.10 Å². The predicted octanol–water partition coefficient (Wildman–Crippen LogP) is 3.62. The Bertz CT molecular complexity index is 366. The van der Waals surface area contributed by atoms with Gasteiger partial charge in [-0.25, -0.2) is 0 Å². The lowest BCUT2D eigenvalue weighted by Crippen LogP contribution is -2.22. The largest absolute Gasteiger partial charge is 0.376 e. The van der Waals surface area contributed by atoms with Crippen LogP contribution in [0.5, 0.6) is 0 Å². The second-order valence-electron chi connectivity index (χ2n) is 5.08. The number of benzene rings is 1. The monoisotopic (exact) mass is 204 g/mol. The van der Waals surface area contributed by atoms with Crippen molar-refractivity contribution in [2.45, 2.75) is 45.1 Å². The van der Waals surface area contributed by atoms with Crippen molar-refractivity contribution in [1.29, 1.82) is 0 Å².